The summed E-state index contributed by atoms with van der Waals surface area (Å²) in [6.45, 7) is 4.74. The number of thioether (sulfide) groups is 1. The molecule has 1 aliphatic rings. The Morgan fingerprint density at radius 2 is 1.88 bits per heavy atom. The average Bonchev–Trinajstić information content (AvgIpc) is 2.61. The Hall–Kier alpha value is -0.230. The minimum atomic E-state index is -3.21. The van der Waals surface area contributed by atoms with Crippen LogP contribution in [-0.2, 0) is 16.6 Å². The third kappa shape index (κ3) is 8.20. The van der Waals surface area contributed by atoms with Gasteiger partial charge in [0.15, 0.2) is 5.96 Å². The van der Waals surface area contributed by atoms with Gasteiger partial charge in [-0.05, 0) is 24.6 Å². The Labute approximate surface area is 182 Å². The molecule has 0 unspecified atom stereocenters. The lowest BCUT2D eigenvalue weighted by Crippen LogP contribution is -2.44. The van der Waals surface area contributed by atoms with Crippen molar-refractivity contribution < 1.29 is 8.42 Å². The van der Waals surface area contributed by atoms with E-state index in [2.05, 4.69) is 15.6 Å². The third-order valence-corrected chi connectivity index (χ3v) is 6.76. The molecule has 0 spiro atoms. The maximum atomic E-state index is 12.3. The van der Waals surface area contributed by atoms with E-state index in [0.29, 0.717) is 43.7 Å². The first-order valence-corrected chi connectivity index (χ1v) is 11.5. The first kappa shape index (κ1) is 23.8. The summed E-state index contributed by atoms with van der Waals surface area (Å²) in [5.74, 6) is 2.43. The molecule has 2 rings (SSSR count). The maximum Gasteiger partial charge on any atom is 0.215 e. The van der Waals surface area contributed by atoms with Crippen LogP contribution in [0.4, 0.5) is 0 Å². The van der Waals surface area contributed by atoms with Gasteiger partial charge in [0, 0.05) is 42.7 Å². The van der Waals surface area contributed by atoms with E-state index < -0.39 is 10.0 Å². The molecule has 6 nitrogen and oxygen atoms in total. The lowest BCUT2D eigenvalue weighted by molar-refractivity contribution is 0.443. The molecule has 1 fully saturated rings. The van der Waals surface area contributed by atoms with Gasteiger partial charge in [-0.3, -0.25) is 0 Å². The number of aliphatic imine (C=N–C) groups is 1. The molecule has 26 heavy (non-hydrogen) atoms. The standard InChI is InChI=1S/C16H25ClN4O2S2.HI/c1-2-18-16(20-13-14-3-5-15(17)6-4-14)19-7-12-25(22,23)21-8-10-24-11-9-21;/h3-6H,2,7-13H2,1H3,(H2,18,19,20);1H. The number of sulfonamides is 1. The zero-order chi connectivity index (χ0) is 18.1. The molecule has 2 N–H and O–H groups in total. The van der Waals surface area contributed by atoms with E-state index in [-0.39, 0.29) is 29.7 Å². The molecule has 0 amide bonds. The van der Waals surface area contributed by atoms with Gasteiger partial charge in [0.2, 0.25) is 10.0 Å². The second-order valence-electron chi connectivity index (χ2n) is 5.58. The normalized spacial score (nSPS) is 16.0. The van der Waals surface area contributed by atoms with Crippen LogP contribution in [0.5, 0.6) is 0 Å². The van der Waals surface area contributed by atoms with Crippen LogP contribution in [0.3, 0.4) is 0 Å². The van der Waals surface area contributed by atoms with Gasteiger partial charge in [-0.1, -0.05) is 23.7 Å². The van der Waals surface area contributed by atoms with E-state index in [1.165, 1.54) is 0 Å². The molecule has 0 atom stereocenters. The number of nitrogens with zero attached hydrogens (tertiary/aromatic N) is 2. The largest absolute Gasteiger partial charge is 0.357 e. The number of halogens is 2. The van der Waals surface area contributed by atoms with Crippen LogP contribution in [0.25, 0.3) is 0 Å². The van der Waals surface area contributed by atoms with Crippen molar-refractivity contribution in [3.63, 3.8) is 0 Å². The van der Waals surface area contributed by atoms with Gasteiger partial charge in [0.05, 0.1) is 12.3 Å². The fourth-order valence-corrected chi connectivity index (χ4v) is 4.97. The summed E-state index contributed by atoms with van der Waals surface area (Å²) in [6, 6.07) is 7.51. The molecule has 0 saturated carbocycles. The molecular weight excluding hydrogens is 507 g/mol. The molecule has 1 heterocycles. The lowest BCUT2D eigenvalue weighted by Gasteiger charge is -2.25. The number of benzene rings is 1. The molecule has 0 aromatic heterocycles. The highest BCUT2D eigenvalue weighted by Crippen LogP contribution is 2.13. The number of hydrogen-bond acceptors (Lipinski definition) is 4. The van der Waals surface area contributed by atoms with Gasteiger partial charge in [-0.25, -0.2) is 17.7 Å². The average molecular weight is 533 g/mol. The lowest BCUT2D eigenvalue weighted by atomic mass is 10.2. The molecule has 10 heteroatoms. The van der Waals surface area contributed by atoms with Crippen molar-refractivity contribution in [2.75, 3.05) is 43.4 Å². The van der Waals surface area contributed by atoms with Crippen molar-refractivity contribution in [1.29, 1.82) is 0 Å². The topological polar surface area (TPSA) is 73.8 Å². The highest BCUT2D eigenvalue weighted by atomic mass is 127. The minimum Gasteiger partial charge on any atom is -0.357 e. The van der Waals surface area contributed by atoms with Gasteiger partial charge in [-0.15, -0.1) is 24.0 Å². The third-order valence-electron chi connectivity index (χ3n) is 3.69. The number of guanidine groups is 1. The van der Waals surface area contributed by atoms with Crippen LogP contribution in [0, 0.1) is 0 Å². The molecule has 1 aliphatic heterocycles. The Balaban J connectivity index is 0.00000338. The summed E-state index contributed by atoms with van der Waals surface area (Å²) in [6.07, 6.45) is 0. The Kier molecular flexibility index (Phi) is 11.2. The monoisotopic (exact) mass is 532 g/mol. The maximum absolute atomic E-state index is 12.3. The quantitative estimate of drug-likeness (QED) is 0.321. The smallest absolute Gasteiger partial charge is 0.215 e. The van der Waals surface area contributed by atoms with Crippen molar-refractivity contribution in [3.05, 3.63) is 34.9 Å². The van der Waals surface area contributed by atoms with Crippen LogP contribution < -0.4 is 10.6 Å². The van der Waals surface area contributed by atoms with Gasteiger partial charge in [-0.2, -0.15) is 11.8 Å². The molecule has 0 radical (unpaired) electrons. The Morgan fingerprint density at radius 1 is 1.23 bits per heavy atom. The predicted octanol–water partition coefficient (Wildman–Crippen LogP) is 2.39. The van der Waals surface area contributed by atoms with E-state index >= 15 is 0 Å². The van der Waals surface area contributed by atoms with E-state index in [9.17, 15) is 8.42 Å². The highest BCUT2D eigenvalue weighted by molar-refractivity contribution is 14.0. The molecule has 0 bridgehead atoms. The molecule has 1 saturated heterocycles. The molecule has 148 valence electrons. The molecule has 1 aromatic carbocycles. The van der Waals surface area contributed by atoms with Gasteiger partial charge in [0.25, 0.3) is 0 Å². The summed E-state index contributed by atoms with van der Waals surface area (Å²) < 4.78 is 26.3. The second-order valence-corrected chi connectivity index (χ2v) is 9.33. The van der Waals surface area contributed by atoms with Gasteiger partial charge >= 0.3 is 0 Å². The summed E-state index contributed by atoms with van der Waals surface area (Å²) >= 11 is 7.67. The first-order valence-electron chi connectivity index (χ1n) is 8.33. The summed E-state index contributed by atoms with van der Waals surface area (Å²) in [4.78, 5) is 4.49. The molecule has 0 aliphatic carbocycles. The highest BCUT2D eigenvalue weighted by Gasteiger charge is 2.23. The van der Waals surface area contributed by atoms with Crippen molar-refractivity contribution in [2.24, 2.45) is 4.99 Å². The molecule has 1 aromatic rings. The Morgan fingerprint density at radius 3 is 2.50 bits per heavy atom. The van der Waals surface area contributed by atoms with E-state index in [1.807, 2.05) is 31.2 Å². The minimum absolute atomic E-state index is 0. The first-order chi connectivity index (χ1) is 12.0. The number of nitrogens with one attached hydrogen (secondary N) is 2. The van der Waals surface area contributed by atoms with Crippen molar-refractivity contribution in [1.82, 2.24) is 14.9 Å². The summed E-state index contributed by atoms with van der Waals surface area (Å²) in [7, 11) is -3.21. The van der Waals surface area contributed by atoms with Crippen LogP contribution in [-0.4, -0.2) is 62.1 Å². The number of rotatable bonds is 7. The van der Waals surface area contributed by atoms with E-state index in [0.717, 1.165) is 17.1 Å². The number of hydrogen-bond donors (Lipinski definition) is 2. The van der Waals surface area contributed by atoms with Crippen LogP contribution in [0.15, 0.2) is 29.3 Å². The van der Waals surface area contributed by atoms with Crippen LogP contribution in [0.1, 0.15) is 12.5 Å². The van der Waals surface area contributed by atoms with E-state index in [1.54, 1.807) is 16.1 Å². The van der Waals surface area contributed by atoms with Crippen molar-refractivity contribution in [2.45, 2.75) is 13.5 Å². The fourth-order valence-electron chi connectivity index (χ4n) is 2.35. The summed E-state index contributed by atoms with van der Waals surface area (Å²) in [5, 5.41) is 6.92. The predicted molar refractivity (Wildman–Crippen MR) is 122 cm³/mol. The second kappa shape index (κ2) is 12.3. The zero-order valence-corrected chi connectivity index (χ0v) is 19.5. The Bertz CT molecular complexity index is 665. The van der Waals surface area contributed by atoms with E-state index in [4.69, 9.17) is 11.6 Å². The van der Waals surface area contributed by atoms with Crippen molar-refractivity contribution in [3.8, 4) is 0 Å². The van der Waals surface area contributed by atoms with Crippen LogP contribution >= 0.6 is 47.3 Å². The molecular formula is C16H26ClIN4O2S2. The van der Waals surface area contributed by atoms with Crippen LogP contribution in [0.2, 0.25) is 5.02 Å². The van der Waals surface area contributed by atoms with Crippen molar-refractivity contribution >= 4 is 63.3 Å². The van der Waals surface area contributed by atoms with Gasteiger partial charge < -0.3 is 10.6 Å². The SMILES string of the molecule is CCNC(=NCc1ccc(Cl)cc1)NCCS(=O)(=O)N1CCSCC1.I. The fraction of sp³-hybridized carbons (Fsp3) is 0.562. The van der Waals surface area contributed by atoms with Gasteiger partial charge in [0.1, 0.15) is 0 Å². The summed E-state index contributed by atoms with van der Waals surface area (Å²) in [5.41, 5.74) is 1.04. The zero-order valence-electron chi connectivity index (χ0n) is 14.8.